The van der Waals surface area contributed by atoms with Gasteiger partial charge in [0.05, 0.1) is 11.9 Å². The van der Waals surface area contributed by atoms with E-state index in [1.807, 2.05) is 12.1 Å². The Morgan fingerprint density at radius 3 is 2.76 bits per heavy atom. The lowest BCUT2D eigenvalue weighted by atomic mass is 9.99. The zero-order valence-corrected chi connectivity index (χ0v) is 11.8. The van der Waals surface area contributed by atoms with Gasteiger partial charge in [0.25, 0.3) is 0 Å². The van der Waals surface area contributed by atoms with Gasteiger partial charge in [0.1, 0.15) is 5.82 Å². The predicted octanol–water partition coefficient (Wildman–Crippen LogP) is 1.60. The van der Waals surface area contributed by atoms with Gasteiger partial charge in [0.2, 0.25) is 0 Å². The van der Waals surface area contributed by atoms with Gasteiger partial charge in [-0.1, -0.05) is 0 Å². The fourth-order valence-electron chi connectivity index (χ4n) is 2.96. The van der Waals surface area contributed by atoms with Crippen molar-refractivity contribution in [2.24, 2.45) is 0 Å². The normalized spacial score (nSPS) is 18.6. The Balaban J connectivity index is 1.89. The van der Waals surface area contributed by atoms with E-state index in [0.29, 0.717) is 18.5 Å². The van der Waals surface area contributed by atoms with Gasteiger partial charge < -0.3 is 0 Å². The number of anilines is 1. The first-order valence-corrected chi connectivity index (χ1v) is 8.03. The van der Waals surface area contributed by atoms with Crippen LogP contribution < -0.4 is 9.03 Å². The molecule has 0 unspecified atom stereocenters. The Hall–Kier alpha value is -1.99. The summed E-state index contributed by atoms with van der Waals surface area (Å²) in [5.41, 5.74) is 4.23. The van der Waals surface area contributed by atoms with Crippen LogP contribution in [0.15, 0.2) is 30.6 Å². The number of hydrogen-bond donors (Lipinski definition) is 1. The van der Waals surface area contributed by atoms with Crippen LogP contribution in [0.25, 0.3) is 11.1 Å². The summed E-state index contributed by atoms with van der Waals surface area (Å²) in [5.74, 6) is -0.385. The van der Waals surface area contributed by atoms with Gasteiger partial charge in [-0.25, -0.2) is 4.39 Å². The van der Waals surface area contributed by atoms with Gasteiger partial charge >= 0.3 is 10.2 Å². The van der Waals surface area contributed by atoms with E-state index < -0.39 is 10.2 Å². The molecule has 0 radical (unpaired) electrons. The number of pyridine rings is 1. The second-order valence-electron chi connectivity index (χ2n) is 5.18. The second-order valence-corrected chi connectivity index (χ2v) is 6.86. The molecule has 2 aromatic rings. The zero-order valence-electron chi connectivity index (χ0n) is 11.0. The summed E-state index contributed by atoms with van der Waals surface area (Å²) in [6, 6.07) is 5.26. The molecule has 4 rings (SSSR count). The molecule has 5 nitrogen and oxygen atoms in total. The van der Waals surface area contributed by atoms with Crippen LogP contribution in [0, 0.1) is 5.82 Å². The highest BCUT2D eigenvalue weighted by atomic mass is 32.2. The third-order valence-electron chi connectivity index (χ3n) is 3.87. The van der Waals surface area contributed by atoms with Crippen molar-refractivity contribution in [3.8, 4) is 11.1 Å². The molecule has 108 valence electrons. The molecule has 2 aliphatic heterocycles. The van der Waals surface area contributed by atoms with Crippen molar-refractivity contribution in [3.63, 3.8) is 0 Å². The largest absolute Gasteiger partial charge is 0.301 e. The number of halogens is 1. The van der Waals surface area contributed by atoms with E-state index in [0.717, 1.165) is 28.6 Å². The Bertz CT molecular complexity index is 851. The summed E-state index contributed by atoms with van der Waals surface area (Å²) in [6.45, 7) is 0.709. The van der Waals surface area contributed by atoms with Crippen LogP contribution in [0.4, 0.5) is 10.1 Å². The van der Waals surface area contributed by atoms with Crippen molar-refractivity contribution in [1.29, 1.82) is 0 Å². The minimum absolute atomic E-state index is 0.262. The summed E-state index contributed by atoms with van der Waals surface area (Å²) in [6.07, 6.45) is 3.44. The Morgan fingerprint density at radius 1 is 1.14 bits per heavy atom. The highest BCUT2D eigenvalue weighted by molar-refractivity contribution is 7.91. The molecule has 21 heavy (non-hydrogen) atoms. The van der Waals surface area contributed by atoms with Crippen molar-refractivity contribution >= 4 is 15.9 Å². The van der Waals surface area contributed by atoms with Gasteiger partial charge in [-0.15, -0.1) is 0 Å². The van der Waals surface area contributed by atoms with Gasteiger partial charge in [-0.2, -0.15) is 13.1 Å². The lowest BCUT2D eigenvalue weighted by molar-refractivity contribution is 0.574. The average molecular weight is 305 g/mol. The quantitative estimate of drug-likeness (QED) is 0.870. The van der Waals surface area contributed by atoms with Crippen LogP contribution in [0.5, 0.6) is 0 Å². The fraction of sp³-hybridized carbons (Fsp3) is 0.214. The van der Waals surface area contributed by atoms with Crippen molar-refractivity contribution in [1.82, 2.24) is 9.71 Å². The Labute approximate surface area is 121 Å². The van der Waals surface area contributed by atoms with Gasteiger partial charge in [-0.05, 0) is 41.3 Å². The highest BCUT2D eigenvalue weighted by Gasteiger charge is 2.35. The maximum absolute atomic E-state index is 13.3. The molecule has 0 fully saturated rings. The van der Waals surface area contributed by atoms with Crippen LogP contribution in [0.3, 0.4) is 0 Å². The molecular weight excluding hydrogens is 293 g/mol. The predicted molar refractivity (Wildman–Crippen MR) is 76.4 cm³/mol. The highest BCUT2D eigenvalue weighted by Crippen LogP contribution is 2.39. The number of nitrogens with one attached hydrogen (secondary N) is 1. The first kappa shape index (κ1) is 12.7. The van der Waals surface area contributed by atoms with E-state index in [2.05, 4.69) is 9.71 Å². The summed E-state index contributed by atoms with van der Waals surface area (Å²) in [4.78, 5) is 3.86. The maximum atomic E-state index is 13.3. The summed E-state index contributed by atoms with van der Waals surface area (Å²) >= 11 is 0. The third kappa shape index (κ3) is 1.92. The van der Waals surface area contributed by atoms with Crippen molar-refractivity contribution in [2.75, 3.05) is 10.8 Å². The van der Waals surface area contributed by atoms with Crippen LogP contribution in [-0.4, -0.2) is 19.9 Å². The molecule has 1 N–H and O–H groups in total. The molecule has 0 spiro atoms. The minimum Gasteiger partial charge on any atom is -0.261 e. The van der Waals surface area contributed by atoms with E-state index in [1.54, 1.807) is 6.20 Å². The number of rotatable bonds is 1. The van der Waals surface area contributed by atoms with Crippen LogP contribution in [-0.2, 0) is 23.2 Å². The van der Waals surface area contributed by atoms with Gasteiger partial charge in [0.15, 0.2) is 0 Å². The standard InChI is InChI=1S/C14H12FN3O2S/c15-13-5-11(6-16-8-13)10-3-9-1-2-18-14(9)12(4-10)7-17-21(18,19)20/h3-6,8,17H,1-2,7H2. The molecule has 0 atom stereocenters. The summed E-state index contributed by atoms with van der Waals surface area (Å²) in [7, 11) is -3.41. The monoisotopic (exact) mass is 305 g/mol. The molecule has 1 aromatic carbocycles. The number of aromatic nitrogens is 1. The minimum atomic E-state index is -3.41. The molecule has 0 aliphatic carbocycles. The van der Waals surface area contributed by atoms with Gasteiger partial charge in [-0.3, -0.25) is 9.29 Å². The van der Waals surface area contributed by atoms with E-state index in [-0.39, 0.29) is 12.4 Å². The van der Waals surface area contributed by atoms with Crippen LogP contribution in [0.2, 0.25) is 0 Å². The summed E-state index contributed by atoms with van der Waals surface area (Å²) < 4.78 is 41.2. The zero-order chi connectivity index (χ0) is 14.6. The first-order chi connectivity index (χ1) is 10.0. The fourth-order valence-corrected chi connectivity index (χ4v) is 4.26. The molecular formula is C14H12FN3O2S. The Morgan fingerprint density at radius 2 is 1.95 bits per heavy atom. The molecule has 7 heteroatoms. The topological polar surface area (TPSA) is 62.3 Å². The molecule has 0 saturated heterocycles. The molecule has 1 aromatic heterocycles. The maximum Gasteiger partial charge on any atom is 0.301 e. The van der Waals surface area contributed by atoms with Crippen LogP contribution >= 0.6 is 0 Å². The van der Waals surface area contributed by atoms with E-state index in [4.69, 9.17) is 0 Å². The van der Waals surface area contributed by atoms with Crippen molar-refractivity contribution in [3.05, 3.63) is 47.5 Å². The Kier molecular flexibility index (Phi) is 2.58. The second kappa shape index (κ2) is 4.25. The molecule has 0 bridgehead atoms. The molecule has 0 saturated carbocycles. The van der Waals surface area contributed by atoms with E-state index in [9.17, 15) is 12.8 Å². The molecule has 3 heterocycles. The van der Waals surface area contributed by atoms with E-state index >= 15 is 0 Å². The number of hydrogen-bond acceptors (Lipinski definition) is 3. The SMILES string of the molecule is O=S1(=O)NCc2cc(-c3cncc(F)c3)cc3c2N1CC3. The average Bonchev–Trinajstić information content (AvgIpc) is 2.89. The molecule has 2 aliphatic rings. The van der Waals surface area contributed by atoms with Gasteiger partial charge in [0, 0.05) is 24.8 Å². The lowest BCUT2D eigenvalue weighted by Gasteiger charge is -2.27. The van der Waals surface area contributed by atoms with Crippen molar-refractivity contribution in [2.45, 2.75) is 13.0 Å². The summed E-state index contributed by atoms with van der Waals surface area (Å²) in [5, 5.41) is 0. The lowest BCUT2D eigenvalue weighted by Crippen LogP contribution is -2.43. The third-order valence-corrected chi connectivity index (χ3v) is 5.33. The first-order valence-electron chi connectivity index (χ1n) is 6.59. The van der Waals surface area contributed by atoms with Crippen LogP contribution in [0.1, 0.15) is 11.1 Å². The molecule has 0 amide bonds. The van der Waals surface area contributed by atoms with Crippen molar-refractivity contribution < 1.29 is 12.8 Å². The smallest absolute Gasteiger partial charge is 0.261 e. The van der Waals surface area contributed by atoms with E-state index in [1.165, 1.54) is 10.4 Å². The number of benzene rings is 1. The number of nitrogens with zero attached hydrogens (tertiary/aromatic N) is 2.